The zero-order chi connectivity index (χ0) is 21.9. The van der Waals surface area contributed by atoms with Crippen LogP contribution in [0.3, 0.4) is 0 Å². The van der Waals surface area contributed by atoms with Gasteiger partial charge in [0.05, 0.1) is 25.2 Å². The van der Waals surface area contributed by atoms with E-state index in [-0.39, 0.29) is 10.8 Å². The molecule has 0 bridgehead atoms. The van der Waals surface area contributed by atoms with E-state index >= 15 is 0 Å². The molecule has 1 aliphatic heterocycles. The van der Waals surface area contributed by atoms with Crippen LogP contribution in [0.15, 0.2) is 47.4 Å². The molecule has 1 aliphatic rings. The van der Waals surface area contributed by atoms with E-state index in [9.17, 15) is 13.2 Å². The Bertz CT molecular complexity index is 1010. The van der Waals surface area contributed by atoms with Gasteiger partial charge in [0.15, 0.2) is 0 Å². The number of hydrogen-bond donors (Lipinski definition) is 1. The van der Waals surface area contributed by atoms with Crippen LogP contribution in [-0.2, 0) is 14.8 Å². The van der Waals surface area contributed by atoms with Gasteiger partial charge in [-0.2, -0.15) is 4.31 Å². The maximum Gasteiger partial charge on any atom is 0.243 e. The fraction of sp³-hybridized carbons (Fsp3) is 0.381. The van der Waals surface area contributed by atoms with Crippen molar-refractivity contribution in [3.8, 4) is 11.5 Å². The molecule has 2 aromatic carbocycles. The lowest BCUT2D eigenvalue weighted by Crippen LogP contribution is -2.46. The van der Waals surface area contributed by atoms with Crippen molar-refractivity contribution in [3.05, 3.63) is 53.1 Å². The maximum absolute atomic E-state index is 13.1. The van der Waals surface area contributed by atoms with Crippen LogP contribution in [0.5, 0.6) is 11.5 Å². The SMILES string of the molecule is COc1ccc(OC)c([C@H](C)NC(=O)[C@@H]2CCCN2S(=O)(=O)c2ccc(Cl)cc2)c1. The quantitative estimate of drug-likeness (QED) is 0.696. The number of amides is 1. The van der Waals surface area contributed by atoms with Gasteiger partial charge in [-0.3, -0.25) is 4.79 Å². The molecule has 1 fully saturated rings. The monoisotopic (exact) mass is 452 g/mol. The minimum atomic E-state index is -3.80. The number of sulfonamides is 1. The Balaban J connectivity index is 1.80. The summed E-state index contributed by atoms with van der Waals surface area (Å²) in [4.78, 5) is 13.1. The summed E-state index contributed by atoms with van der Waals surface area (Å²) in [6.07, 6.45) is 1.07. The van der Waals surface area contributed by atoms with Gasteiger partial charge in [0.2, 0.25) is 15.9 Å². The summed E-state index contributed by atoms with van der Waals surface area (Å²) in [6.45, 7) is 2.11. The molecule has 2 atom stereocenters. The molecule has 0 radical (unpaired) electrons. The Kier molecular flexibility index (Phi) is 6.90. The Morgan fingerprint density at radius 2 is 1.87 bits per heavy atom. The Labute approximate surface area is 182 Å². The lowest BCUT2D eigenvalue weighted by molar-refractivity contribution is -0.124. The minimum absolute atomic E-state index is 0.120. The molecule has 162 valence electrons. The van der Waals surface area contributed by atoms with Crippen LogP contribution in [0, 0.1) is 0 Å². The van der Waals surface area contributed by atoms with Crippen molar-refractivity contribution in [2.24, 2.45) is 0 Å². The molecule has 7 nitrogen and oxygen atoms in total. The highest BCUT2D eigenvalue weighted by atomic mass is 35.5. The first-order valence-corrected chi connectivity index (χ1v) is 11.4. The van der Waals surface area contributed by atoms with Gasteiger partial charge in [-0.05, 0) is 62.2 Å². The van der Waals surface area contributed by atoms with Crippen LogP contribution >= 0.6 is 11.6 Å². The molecular weight excluding hydrogens is 428 g/mol. The Hall–Kier alpha value is -2.29. The molecule has 0 aromatic heterocycles. The summed E-state index contributed by atoms with van der Waals surface area (Å²) in [6, 6.07) is 10.1. The standard InChI is InChI=1S/C21H25ClN2O5S/c1-14(18-13-16(28-2)8-11-20(18)29-3)23-21(25)19-5-4-12-24(19)30(26,27)17-9-6-15(22)7-10-17/h6-11,13-14,19H,4-5,12H2,1-3H3,(H,23,25)/t14-,19-/m0/s1. The predicted octanol–water partition coefficient (Wildman–Crippen LogP) is 3.39. The van der Waals surface area contributed by atoms with Gasteiger partial charge in [-0.1, -0.05) is 11.6 Å². The molecule has 0 saturated carbocycles. The van der Waals surface area contributed by atoms with Gasteiger partial charge >= 0.3 is 0 Å². The summed E-state index contributed by atoms with van der Waals surface area (Å²) in [5, 5.41) is 3.37. The van der Waals surface area contributed by atoms with Crippen molar-refractivity contribution in [1.29, 1.82) is 0 Å². The number of carbonyl (C=O) groups is 1. The van der Waals surface area contributed by atoms with Gasteiger partial charge in [-0.15, -0.1) is 0 Å². The second-order valence-electron chi connectivity index (χ2n) is 7.07. The van der Waals surface area contributed by atoms with Crippen molar-refractivity contribution in [1.82, 2.24) is 9.62 Å². The van der Waals surface area contributed by atoms with E-state index in [1.165, 1.54) is 28.6 Å². The number of nitrogens with zero attached hydrogens (tertiary/aromatic N) is 1. The molecular formula is C21H25ClN2O5S. The average Bonchev–Trinajstić information content (AvgIpc) is 3.24. The van der Waals surface area contributed by atoms with Crippen LogP contribution < -0.4 is 14.8 Å². The molecule has 1 saturated heterocycles. The number of benzene rings is 2. The maximum atomic E-state index is 13.1. The Morgan fingerprint density at radius 3 is 2.50 bits per heavy atom. The zero-order valence-corrected chi connectivity index (χ0v) is 18.7. The van der Waals surface area contributed by atoms with E-state index in [1.54, 1.807) is 32.4 Å². The van der Waals surface area contributed by atoms with Crippen molar-refractivity contribution in [2.75, 3.05) is 20.8 Å². The summed E-state index contributed by atoms with van der Waals surface area (Å²) in [7, 11) is -0.689. The van der Waals surface area contributed by atoms with Crippen LogP contribution in [0.2, 0.25) is 5.02 Å². The Morgan fingerprint density at radius 1 is 1.17 bits per heavy atom. The van der Waals surface area contributed by atoms with Gasteiger partial charge < -0.3 is 14.8 Å². The van der Waals surface area contributed by atoms with E-state index in [0.29, 0.717) is 35.9 Å². The summed E-state index contributed by atoms with van der Waals surface area (Å²) >= 11 is 5.87. The molecule has 0 spiro atoms. The van der Waals surface area contributed by atoms with Crippen molar-refractivity contribution < 1.29 is 22.7 Å². The summed E-state index contributed by atoms with van der Waals surface area (Å²) in [5.74, 6) is 0.905. The van der Waals surface area contributed by atoms with E-state index in [2.05, 4.69) is 5.32 Å². The van der Waals surface area contributed by atoms with E-state index in [0.717, 1.165) is 5.56 Å². The number of ether oxygens (including phenoxy) is 2. The lowest BCUT2D eigenvalue weighted by atomic mass is 10.1. The van der Waals surface area contributed by atoms with Crippen LogP contribution in [0.1, 0.15) is 31.4 Å². The van der Waals surface area contributed by atoms with Crippen LogP contribution in [0.25, 0.3) is 0 Å². The fourth-order valence-corrected chi connectivity index (χ4v) is 5.38. The molecule has 1 amide bonds. The highest BCUT2D eigenvalue weighted by Crippen LogP contribution is 2.31. The van der Waals surface area contributed by atoms with Crippen LogP contribution in [0.4, 0.5) is 0 Å². The molecule has 30 heavy (non-hydrogen) atoms. The number of rotatable bonds is 7. The predicted molar refractivity (Wildman–Crippen MR) is 114 cm³/mol. The van der Waals surface area contributed by atoms with E-state index in [1.807, 2.05) is 6.92 Å². The first-order valence-electron chi connectivity index (χ1n) is 9.57. The fourth-order valence-electron chi connectivity index (χ4n) is 3.60. The van der Waals surface area contributed by atoms with Crippen molar-refractivity contribution in [2.45, 2.75) is 36.7 Å². The topological polar surface area (TPSA) is 84.9 Å². The van der Waals surface area contributed by atoms with E-state index < -0.39 is 22.1 Å². The van der Waals surface area contributed by atoms with Crippen LogP contribution in [-0.4, -0.2) is 45.4 Å². The smallest absolute Gasteiger partial charge is 0.243 e. The summed E-state index contributed by atoms with van der Waals surface area (Å²) < 4.78 is 38.1. The number of hydrogen-bond acceptors (Lipinski definition) is 5. The molecule has 1 N–H and O–H groups in total. The molecule has 1 heterocycles. The molecule has 9 heteroatoms. The highest BCUT2D eigenvalue weighted by molar-refractivity contribution is 7.89. The average molecular weight is 453 g/mol. The highest BCUT2D eigenvalue weighted by Gasteiger charge is 2.39. The molecule has 3 rings (SSSR count). The first-order chi connectivity index (χ1) is 14.3. The second kappa shape index (κ2) is 9.24. The number of nitrogens with one attached hydrogen (secondary N) is 1. The first kappa shape index (κ1) is 22.4. The zero-order valence-electron chi connectivity index (χ0n) is 17.1. The van der Waals surface area contributed by atoms with Crippen molar-refractivity contribution in [3.63, 3.8) is 0 Å². The van der Waals surface area contributed by atoms with Gasteiger partial charge in [0.1, 0.15) is 17.5 Å². The normalized spacial score (nSPS) is 18.1. The third-order valence-corrected chi connectivity index (χ3v) is 7.36. The number of halogens is 1. The molecule has 2 aromatic rings. The van der Waals surface area contributed by atoms with Gasteiger partial charge in [-0.25, -0.2) is 8.42 Å². The number of carbonyl (C=O) groups excluding carboxylic acids is 1. The summed E-state index contributed by atoms with van der Waals surface area (Å²) in [5.41, 5.74) is 0.746. The van der Waals surface area contributed by atoms with Crippen molar-refractivity contribution >= 4 is 27.5 Å². The lowest BCUT2D eigenvalue weighted by Gasteiger charge is -2.25. The van der Waals surface area contributed by atoms with Gasteiger partial charge in [0.25, 0.3) is 0 Å². The largest absolute Gasteiger partial charge is 0.497 e. The number of methoxy groups -OCH3 is 2. The second-order valence-corrected chi connectivity index (χ2v) is 9.39. The third kappa shape index (κ3) is 4.55. The molecule has 0 unspecified atom stereocenters. The van der Waals surface area contributed by atoms with E-state index in [4.69, 9.17) is 21.1 Å². The molecule has 0 aliphatic carbocycles. The minimum Gasteiger partial charge on any atom is -0.497 e. The third-order valence-electron chi connectivity index (χ3n) is 5.19. The van der Waals surface area contributed by atoms with Gasteiger partial charge in [0, 0.05) is 17.1 Å².